The number of nitrogens with zero attached hydrogens (tertiary/aromatic N) is 2. The number of halogens is 1. The average molecular weight is 301 g/mol. The van der Waals surface area contributed by atoms with Crippen molar-refractivity contribution >= 4 is 17.3 Å². The van der Waals surface area contributed by atoms with Crippen LogP contribution in [-0.2, 0) is 0 Å². The Balaban J connectivity index is 2.06. The van der Waals surface area contributed by atoms with Crippen molar-refractivity contribution in [3.05, 3.63) is 75.6 Å². The minimum atomic E-state index is -0.543. The second-order valence-corrected chi connectivity index (χ2v) is 4.45. The maximum absolute atomic E-state index is 12.8. The van der Waals surface area contributed by atoms with Crippen molar-refractivity contribution in [3.8, 4) is 0 Å². The Hall–Kier alpha value is -3.09. The van der Waals surface area contributed by atoms with Gasteiger partial charge >= 0.3 is 0 Å². The summed E-state index contributed by atoms with van der Waals surface area (Å²) in [6.45, 7) is 1.67. The number of carbonyl (C=O) groups is 1. The highest BCUT2D eigenvalue weighted by atomic mass is 19.1. The topological polar surface area (TPSA) is 84.6 Å². The van der Waals surface area contributed by atoms with E-state index >= 15 is 0 Å². The Kier molecular flexibility index (Phi) is 4.57. The summed E-state index contributed by atoms with van der Waals surface area (Å²) in [5.74, 6) is -0.845. The Labute approximate surface area is 125 Å². The molecule has 0 aliphatic carbocycles. The van der Waals surface area contributed by atoms with Gasteiger partial charge in [0, 0.05) is 17.7 Å². The Bertz CT molecular complexity index is 725. The molecule has 0 saturated heterocycles. The summed E-state index contributed by atoms with van der Waals surface area (Å²) >= 11 is 0. The first-order chi connectivity index (χ1) is 10.5. The van der Waals surface area contributed by atoms with Crippen molar-refractivity contribution in [2.75, 3.05) is 0 Å². The molecular formula is C15H12FN3O3. The van der Waals surface area contributed by atoms with Gasteiger partial charge in [-0.1, -0.05) is 12.1 Å². The number of nitro groups is 1. The number of carbonyl (C=O) groups excluding carboxylic acids is 1. The zero-order valence-corrected chi connectivity index (χ0v) is 11.6. The number of non-ortho nitro benzene ring substituents is 1. The molecule has 1 amide bonds. The molecule has 1 N–H and O–H groups in total. The quantitative estimate of drug-likeness (QED) is 0.535. The molecule has 2 rings (SSSR count). The summed E-state index contributed by atoms with van der Waals surface area (Å²) in [7, 11) is 0. The highest BCUT2D eigenvalue weighted by molar-refractivity contribution is 6.00. The molecule has 0 unspecified atom stereocenters. The summed E-state index contributed by atoms with van der Waals surface area (Å²) in [4.78, 5) is 21.9. The van der Waals surface area contributed by atoms with Crippen molar-refractivity contribution in [2.24, 2.45) is 5.10 Å². The van der Waals surface area contributed by atoms with E-state index in [2.05, 4.69) is 10.5 Å². The lowest BCUT2D eigenvalue weighted by Crippen LogP contribution is -2.19. The summed E-state index contributed by atoms with van der Waals surface area (Å²) in [5, 5.41) is 14.5. The lowest BCUT2D eigenvalue weighted by atomic mass is 10.1. The molecule has 2 aromatic carbocycles. The summed E-state index contributed by atoms with van der Waals surface area (Å²) in [6.07, 6.45) is 0. The van der Waals surface area contributed by atoms with Crippen molar-refractivity contribution in [2.45, 2.75) is 6.92 Å². The molecule has 0 aliphatic rings. The normalized spacial score (nSPS) is 11.1. The summed E-state index contributed by atoms with van der Waals surface area (Å²) in [6, 6.07) is 10.9. The zero-order chi connectivity index (χ0) is 16.1. The van der Waals surface area contributed by atoms with Crippen molar-refractivity contribution in [1.82, 2.24) is 5.43 Å². The molecule has 0 spiro atoms. The van der Waals surface area contributed by atoms with Crippen molar-refractivity contribution in [3.63, 3.8) is 0 Å². The number of rotatable bonds is 4. The van der Waals surface area contributed by atoms with E-state index in [1.54, 1.807) is 19.1 Å². The van der Waals surface area contributed by atoms with Gasteiger partial charge in [0.15, 0.2) is 0 Å². The Morgan fingerprint density at radius 2 is 1.64 bits per heavy atom. The Morgan fingerprint density at radius 1 is 1.09 bits per heavy atom. The second-order valence-electron chi connectivity index (χ2n) is 4.45. The van der Waals surface area contributed by atoms with Crippen LogP contribution in [0, 0.1) is 15.9 Å². The van der Waals surface area contributed by atoms with Crippen LogP contribution < -0.4 is 5.43 Å². The van der Waals surface area contributed by atoms with E-state index in [4.69, 9.17) is 0 Å². The van der Waals surface area contributed by atoms with Gasteiger partial charge in [-0.05, 0) is 36.8 Å². The predicted molar refractivity (Wildman–Crippen MR) is 79.2 cm³/mol. The molecule has 0 bridgehead atoms. The predicted octanol–water partition coefficient (Wildman–Crippen LogP) is 2.89. The van der Waals surface area contributed by atoms with Crippen LogP contribution in [0.4, 0.5) is 10.1 Å². The van der Waals surface area contributed by atoms with E-state index in [1.165, 1.54) is 36.4 Å². The van der Waals surface area contributed by atoms with E-state index in [0.717, 1.165) is 0 Å². The molecule has 7 heteroatoms. The molecule has 2 aromatic rings. The van der Waals surface area contributed by atoms with Gasteiger partial charge in [0.2, 0.25) is 0 Å². The van der Waals surface area contributed by atoms with Gasteiger partial charge in [-0.15, -0.1) is 0 Å². The van der Waals surface area contributed by atoms with E-state index in [9.17, 15) is 19.3 Å². The van der Waals surface area contributed by atoms with Crippen LogP contribution in [0.2, 0.25) is 0 Å². The molecule has 0 aromatic heterocycles. The van der Waals surface area contributed by atoms with Gasteiger partial charge in [-0.2, -0.15) is 5.10 Å². The number of hydrogen-bond donors (Lipinski definition) is 1. The van der Waals surface area contributed by atoms with E-state index < -0.39 is 10.8 Å². The van der Waals surface area contributed by atoms with E-state index in [0.29, 0.717) is 11.3 Å². The number of nitrogens with one attached hydrogen (secondary N) is 1. The summed E-state index contributed by atoms with van der Waals surface area (Å²) in [5.41, 5.74) is 3.68. The minimum absolute atomic E-state index is 0.0949. The Morgan fingerprint density at radius 3 is 2.18 bits per heavy atom. The van der Waals surface area contributed by atoms with E-state index in [-0.39, 0.29) is 17.1 Å². The lowest BCUT2D eigenvalue weighted by molar-refractivity contribution is -0.384. The van der Waals surface area contributed by atoms with Crippen molar-refractivity contribution in [1.29, 1.82) is 0 Å². The minimum Gasteiger partial charge on any atom is -0.267 e. The van der Waals surface area contributed by atoms with Gasteiger partial charge in [0.05, 0.1) is 10.6 Å². The second kappa shape index (κ2) is 6.57. The molecule has 0 radical (unpaired) electrons. The van der Waals surface area contributed by atoms with Crippen LogP contribution in [0.1, 0.15) is 22.8 Å². The fourth-order valence-electron chi connectivity index (χ4n) is 1.69. The van der Waals surface area contributed by atoms with Crippen LogP contribution in [0.25, 0.3) is 0 Å². The first kappa shape index (κ1) is 15.3. The molecule has 0 saturated carbocycles. The standard InChI is InChI=1S/C15H12FN3O3/c1-10(11-2-6-13(16)7-3-11)17-18-15(20)12-4-8-14(9-5-12)19(21)22/h2-9H,1H3,(H,18,20)/b17-10+. The van der Waals surface area contributed by atoms with Gasteiger partial charge in [-0.3, -0.25) is 14.9 Å². The van der Waals surface area contributed by atoms with Crippen molar-refractivity contribution < 1.29 is 14.1 Å². The molecule has 112 valence electrons. The monoisotopic (exact) mass is 301 g/mol. The highest BCUT2D eigenvalue weighted by Gasteiger charge is 2.09. The van der Waals surface area contributed by atoms with Gasteiger partial charge in [0.1, 0.15) is 5.82 Å². The molecule has 22 heavy (non-hydrogen) atoms. The highest BCUT2D eigenvalue weighted by Crippen LogP contribution is 2.11. The van der Waals surface area contributed by atoms with Gasteiger partial charge < -0.3 is 0 Å². The van der Waals surface area contributed by atoms with Crippen LogP contribution in [0.5, 0.6) is 0 Å². The molecule has 0 fully saturated rings. The van der Waals surface area contributed by atoms with Crippen LogP contribution in [0.15, 0.2) is 53.6 Å². The first-order valence-electron chi connectivity index (χ1n) is 6.32. The third-order valence-corrected chi connectivity index (χ3v) is 2.93. The summed E-state index contributed by atoms with van der Waals surface area (Å²) < 4.78 is 12.8. The average Bonchev–Trinajstić information content (AvgIpc) is 2.53. The third-order valence-electron chi connectivity index (χ3n) is 2.93. The smallest absolute Gasteiger partial charge is 0.267 e. The maximum atomic E-state index is 12.8. The zero-order valence-electron chi connectivity index (χ0n) is 11.6. The SMILES string of the molecule is C/C(=N\NC(=O)c1ccc([N+](=O)[O-])cc1)c1ccc(F)cc1. The number of amides is 1. The first-order valence-corrected chi connectivity index (χ1v) is 6.32. The van der Waals surface area contributed by atoms with Crippen LogP contribution in [-0.4, -0.2) is 16.5 Å². The number of benzene rings is 2. The number of hydrazone groups is 1. The third kappa shape index (κ3) is 3.72. The number of hydrogen-bond acceptors (Lipinski definition) is 4. The van der Waals surface area contributed by atoms with Gasteiger partial charge in [0.25, 0.3) is 11.6 Å². The van der Waals surface area contributed by atoms with E-state index in [1.807, 2.05) is 0 Å². The van der Waals surface area contributed by atoms with Gasteiger partial charge in [-0.25, -0.2) is 9.82 Å². The maximum Gasteiger partial charge on any atom is 0.271 e. The molecule has 0 atom stereocenters. The lowest BCUT2D eigenvalue weighted by Gasteiger charge is -2.03. The molecular weight excluding hydrogens is 289 g/mol. The molecule has 0 aliphatic heterocycles. The largest absolute Gasteiger partial charge is 0.271 e. The fourth-order valence-corrected chi connectivity index (χ4v) is 1.69. The van der Waals surface area contributed by atoms with Crippen LogP contribution >= 0.6 is 0 Å². The van der Waals surface area contributed by atoms with Crippen LogP contribution in [0.3, 0.4) is 0 Å². The number of nitro benzene ring substituents is 1. The molecule has 6 nitrogen and oxygen atoms in total. The fraction of sp³-hybridized carbons (Fsp3) is 0.0667. The molecule has 0 heterocycles.